The summed E-state index contributed by atoms with van der Waals surface area (Å²) >= 11 is 6.46. The van der Waals surface area contributed by atoms with Crippen LogP contribution < -0.4 is 10.6 Å². The van der Waals surface area contributed by atoms with Crippen LogP contribution >= 0.6 is 11.6 Å². The van der Waals surface area contributed by atoms with Crippen LogP contribution in [0.3, 0.4) is 0 Å². The van der Waals surface area contributed by atoms with E-state index in [1.807, 2.05) is 38.1 Å². The second-order valence-electron chi connectivity index (χ2n) is 10.1. The molecule has 1 aliphatic carbocycles. The summed E-state index contributed by atoms with van der Waals surface area (Å²) in [4.78, 5) is 41.2. The smallest absolute Gasteiger partial charge is 0.235 e. The lowest BCUT2D eigenvalue weighted by Crippen LogP contribution is -2.56. The number of para-hydroxylation sites is 2. The topological polar surface area (TPSA) is 95.5 Å². The zero-order valence-corrected chi connectivity index (χ0v) is 22.9. The molecule has 204 valence electrons. The van der Waals surface area contributed by atoms with E-state index >= 15 is 4.39 Å². The third-order valence-electron chi connectivity index (χ3n) is 7.48. The number of Topliss-reactive ketones (excluding diaryl/α,β-unsaturated/α-hetero) is 1. The van der Waals surface area contributed by atoms with E-state index in [2.05, 4.69) is 10.6 Å². The van der Waals surface area contributed by atoms with Gasteiger partial charge in [-0.1, -0.05) is 67.9 Å². The van der Waals surface area contributed by atoms with Crippen molar-refractivity contribution >= 4 is 40.6 Å². The lowest BCUT2D eigenvalue weighted by Gasteiger charge is -2.44. The fraction of sp³-hybridized carbons (Fsp3) is 0.323. The molecular weight excluding hydrogens is 519 g/mol. The van der Waals surface area contributed by atoms with Gasteiger partial charge in [0.05, 0.1) is 11.5 Å². The molecule has 39 heavy (non-hydrogen) atoms. The third-order valence-corrected chi connectivity index (χ3v) is 7.81. The summed E-state index contributed by atoms with van der Waals surface area (Å²) in [5, 5.41) is 17.1. The molecule has 4 atom stereocenters. The summed E-state index contributed by atoms with van der Waals surface area (Å²) in [5.74, 6) is -6.90. The molecule has 0 heterocycles. The number of halogens is 2. The maximum Gasteiger partial charge on any atom is 0.235 e. The number of nitrogens with one attached hydrogen (secondary N) is 2. The Kier molecular flexibility index (Phi) is 8.52. The Balaban J connectivity index is 1.84. The molecule has 8 heteroatoms. The molecule has 0 saturated heterocycles. The predicted octanol–water partition coefficient (Wildman–Crippen LogP) is 5.92. The van der Waals surface area contributed by atoms with Gasteiger partial charge in [-0.3, -0.25) is 14.4 Å². The highest BCUT2D eigenvalue weighted by molar-refractivity contribution is 6.31. The van der Waals surface area contributed by atoms with Crippen molar-refractivity contribution in [2.75, 3.05) is 10.6 Å². The van der Waals surface area contributed by atoms with Crippen LogP contribution in [0.4, 0.5) is 15.8 Å². The van der Waals surface area contributed by atoms with Crippen molar-refractivity contribution in [2.24, 2.45) is 11.8 Å². The summed E-state index contributed by atoms with van der Waals surface area (Å²) in [6.07, 6.45) is 0.811. The minimum atomic E-state index is -1.88. The number of anilines is 2. The molecule has 0 aliphatic heterocycles. The summed E-state index contributed by atoms with van der Waals surface area (Å²) in [6, 6.07) is 18.4. The van der Waals surface area contributed by atoms with Crippen molar-refractivity contribution in [1.82, 2.24) is 0 Å². The van der Waals surface area contributed by atoms with Crippen molar-refractivity contribution in [2.45, 2.75) is 51.6 Å². The Morgan fingerprint density at radius 2 is 1.46 bits per heavy atom. The van der Waals surface area contributed by atoms with E-state index in [1.54, 1.807) is 24.3 Å². The van der Waals surface area contributed by atoms with E-state index in [1.165, 1.54) is 19.1 Å². The maximum absolute atomic E-state index is 15.4. The first-order valence-electron chi connectivity index (χ1n) is 13.1. The van der Waals surface area contributed by atoms with Gasteiger partial charge in [0.2, 0.25) is 11.8 Å². The molecule has 0 aromatic heterocycles. The highest BCUT2D eigenvalue weighted by Crippen LogP contribution is 2.49. The molecular formula is C31H32ClFN2O4. The van der Waals surface area contributed by atoms with Crippen molar-refractivity contribution < 1.29 is 23.9 Å². The zero-order chi connectivity index (χ0) is 28.3. The summed E-state index contributed by atoms with van der Waals surface area (Å²) in [5.41, 5.74) is 0.743. The number of ketones is 1. The first-order chi connectivity index (χ1) is 18.6. The lowest BCUT2D eigenvalue weighted by atomic mass is 9.61. The first kappa shape index (κ1) is 28.5. The second kappa shape index (κ2) is 11.7. The van der Waals surface area contributed by atoms with Gasteiger partial charge >= 0.3 is 0 Å². The van der Waals surface area contributed by atoms with Gasteiger partial charge in [-0.05, 0) is 55.2 Å². The molecule has 1 saturated carbocycles. The number of carbonyl (C=O) groups excluding carboxylic acids is 3. The van der Waals surface area contributed by atoms with E-state index in [0.29, 0.717) is 24.2 Å². The molecule has 1 aliphatic rings. The van der Waals surface area contributed by atoms with Gasteiger partial charge in [-0.25, -0.2) is 4.39 Å². The molecule has 1 fully saturated rings. The third kappa shape index (κ3) is 5.75. The molecule has 0 bridgehead atoms. The van der Waals surface area contributed by atoms with Gasteiger partial charge in [0.15, 0.2) is 0 Å². The normalized spacial score (nSPS) is 22.8. The average Bonchev–Trinajstić information content (AvgIpc) is 2.88. The van der Waals surface area contributed by atoms with Gasteiger partial charge in [-0.15, -0.1) is 0 Å². The standard InChI is InChI=1S/C31H32ClFN2O4/c1-4-18-11-6-8-15-22(18)34-29(37)26-24(36)17-31(3,39)28(27(26)25-20(32)13-10-14-21(25)33)30(38)35-23-16-9-7-12-19(23)5-2/h6-16,26-28,39H,4-5,17H2,1-3H3,(H,34,37)(H,35,38). The number of aryl methyl sites for hydroxylation is 2. The fourth-order valence-electron chi connectivity index (χ4n) is 5.59. The van der Waals surface area contributed by atoms with Crippen LogP contribution in [-0.2, 0) is 27.2 Å². The number of hydrogen-bond acceptors (Lipinski definition) is 4. The summed E-state index contributed by atoms with van der Waals surface area (Å²) < 4.78 is 15.4. The highest BCUT2D eigenvalue weighted by atomic mass is 35.5. The van der Waals surface area contributed by atoms with Gasteiger partial charge in [0.25, 0.3) is 0 Å². The molecule has 3 aromatic rings. The monoisotopic (exact) mass is 550 g/mol. The Bertz CT molecular complexity index is 1390. The van der Waals surface area contributed by atoms with Gasteiger partial charge < -0.3 is 15.7 Å². The van der Waals surface area contributed by atoms with Crippen LogP contribution in [0.2, 0.25) is 5.02 Å². The van der Waals surface area contributed by atoms with Gasteiger partial charge in [0, 0.05) is 34.3 Å². The second-order valence-corrected chi connectivity index (χ2v) is 10.5. The summed E-state index contributed by atoms with van der Waals surface area (Å²) in [7, 11) is 0. The van der Waals surface area contributed by atoms with Crippen LogP contribution in [0.5, 0.6) is 0 Å². The quantitative estimate of drug-likeness (QED) is 0.318. The van der Waals surface area contributed by atoms with E-state index in [4.69, 9.17) is 11.6 Å². The van der Waals surface area contributed by atoms with E-state index < -0.39 is 53.2 Å². The van der Waals surface area contributed by atoms with Crippen molar-refractivity contribution in [3.63, 3.8) is 0 Å². The lowest BCUT2D eigenvalue weighted by molar-refractivity contribution is -0.150. The minimum absolute atomic E-state index is 0.0379. The number of rotatable bonds is 7. The number of carbonyl (C=O) groups is 3. The van der Waals surface area contributed by atoms with Crippen LogP contribution in [0, 0.1) is 17.7 Å². The number of hydrogen-bond donors (Lipinski definition) is 3. The summed E-state index contributed by atoms with van der Waals surface area (Å²) in [6.45, 7) is 5.24. The minimum Gasteiger partial charge on any atom is -0.389 e. The van der Waals surface area contributed by atoms with Gasteiger partial charge in [-0.2, -0.15) is 0 Å². The number of benzene rings is 3. The molecule has 4 rings (SSSR count). The van der Waals surface area contributed by atoms with Crippen LogP contribution in [0.1, 0.15) is 49.8 Å². The largest absolute Gasteiger partial charge is 0.389 e. The Morgan fingerprint density at radius 1 is 0.923 bits per heavy atom. The van der Waals surface area contributed by atoms with Gasteiger partial charge in [0.1, 0.15) is 17.5 Å². The highest BCUT2D eigenvalue weighted by Gasteiger charge is 2.57. The zero-order valence-electron chi connectivity index (χ0n) is 22.1. The molecule has 0 radical (unpaired) electrons. The van der Waals surface area contributed by atoms with E-state index in [-0.39, 0.29) is 10.6 Å². The van der Waals surface area contributed by atoms with Crippen LogP contribution in [0.25, 0.3) is 0 Å². The van der Waals surface area contributed by atoms with Crippen molar-refractivity contribution in [3.8, 4) is 0 Å². The fourth-order valence-corrected chi connectivity index (χ4v) is 5.88. The van der Waals surface area contributed by atoms with Crippen molar-refractivity contribution in [1.29, 1.82) is 0 Å². The molecule has 0 spiro atoms. The van der Waals surface area contributed by atoms with E-state index in [9.17, 15) is 19.5 Å². The SMILES string of the molecule is CCc1ccccc1NC(=O)C1C(=O)CC(C)(O)C(C(=O)Nc2ccccc2CC)C1c1c(F)cccc1Cl. The molecule has 3 N–H and O–H groups in total. The Hall–Kier alpha value is -3.55. The molecule has 6 nitrogen and oxygen atoms in total. The van der Waals surface area contributed by atoms with Crippen LogP contribution in [-0.4, -0.2) is 28.3 Å². The maximum atomic E-state index is 15.4. The number of amides is 2. The Labute approximate surface area is 232 Å². The molecule has 4 unspecified atom stereocenters. The number of aliphatic hydroxyl groups is 1. The van der Waals surface area contributed by atoms with Crippen LogP contribution in [0.15, 0.2) is 66.7 Å². The van der Waals surface area contributed by atoms with Crippen molar-refractivity contribution in [3.05, 3.63) is 94.3 Å². The first-order valence-corrected chi connectivity index (χ1v) is 13.4. The predicted molar refractivity (Wildman–Crippen MR) is 150 cm³/mol. The van der Waals surface area contributed by atoms with E-state index in [0.717, 1.165) is 17.2 Å². The molecule has 2 amide bonds. The Morgan fingerprint density at radius 3 is 2.00 bits per heavy atom. The average molecular weight is 551 g/mol. The molecule has 3 aromatic carbocycles.